The summed E-state index contributed by atoms with van der Waals surface area (Å²) in [5, 5.41) is 5.09. The number of ether oxygens (including phenoxy) is 1. The van der Waals surface area contributed by atoms with Crippen molar-refractivity contribution in [2.75, 3.05) is 45.2 Å². The lowest BCUT2D eigenvalue weighted by Crippen LogP contribution is -2.50. The Morgan fingerprint density at radius 3 is 2.16 bits per heavy atom. The molecule has 166 valence electrons. The number of carbonyl (C=O) groups excluding carboxylic acids is 2. The van der Waals surface area contributed by atoms with E-state index in [0.717, 1.165) is 27.6 Å². The maximum atomic E-state index is 13.2. The van der Waals surface area contributed by atoms with Gasteiger partial charge in [-0.2, -0.15) is 0 Å². The van der Waals surface area contributed by atoms with Crippen LogP contribution in [0.25, 0.3) is 10.8 Å². The van der Waals surface area contributed by atoms with Crippen LogP contribution in [0.2, 0.25) is 0 Å². The smallest absolute Gasteiger partial charge is 0.257 e. The largest absolute Gasteiger partial charge is 0.496 e. The molecule has 0 bridgehead atoms. The summed E-state index contributed by atoms with van der Waals surface area (Å²) in [7, 11) is 1.59. The van der Waals surface area contributed by atoms with E-state index in [-0.39, 0.29) is 11.8 Å². The average molecular weight is 432 g/mol. The van der Waals surface area contributed by atoms with E-state index in [0.29, 0.717) is 44.0 Å². The van der Waals surface area contributed by atoms with Crippen molar-refractivity contribution in [3.63, 3.8) is 0 Å². The molecule has 1 N–H and O–H groups in total. The Bertz CT molecular complexity index is 1130. The van der Waals surface area contributed by atoms with Gasteiger partial charge in [0.05, 0.1) is 19.2 Å². The van der Waals surface area contributed by atoms with E-state index in [4.69, 9.17) is 4.74 Å². The zero-order chi connectivity index (χ0) is 22.7. The minimum Gasteiger partial charge on any atom is -0.496 e. The first kappa shape index (κ1) is 21.8. The Labute approximate surface area is 188 Å². The number of carbonyl (C=O) groups is 2. The lowest BCUT2D eigenvalue weighted by atomic mass is 10.0. The van der Waals surface area contributed by atoms with E-state index >= 15 is 0 Å². The van der Waals surface area contributed by atoms with Gasteiger partial charge in [-0.25, -0.2) is 0 Å². The summed E-state index contributed by atoms with van der Waals surface area (Å²) in [4.78, 5) is 29.7. The summed E-state index contributed by atoms with van der Waals surface area (Å²) in [5.41, 5.74) is 3.57. The maximum Gasteiger partial charge on any atom is 0.257 e. The Balaban J connectivity index is 1.38. The summed E-state index contributed by atoms with van der Waals surface area (Å²) in [6.07, 6.45) is 0. The Hall–Kier alpha value is -3.38. The van der Waals surface area contributed by atoms with Gasteiger partial charge in [-0.1, -0.05) is 42.5 Å². The second-order valence-electron chi connectivity index (χ2n) is 8.28. The second kappa shape index (κ2) is 9.40. The van der Waals surface area contributed by atoms with Gasteiger partial charge in [0.2, 0.25) is 5.91 Å². The van der Waals surface area contributed by atoms with Crippen molar-refractivity contribution in [2.24, 2.45) is 0 Å². The van der Waals surface area contributed by atoms with Crippen molar-refractivity contribution in [1.82, 2.24) is 9.80 Å². The van der Waals surface area contributed by atoms with Crippen LogP contribution in [0.3, 0.4) is 0 Å². The molecule has 4 rings (SSSR count). The second-order valence-corrected chi connectivity index (χ2v) is 8.28. The molecule has 0 atom stereocenters. The fourth-order valence-electron chi connectivity index (χ4n) is 4.23. The Morgan fingerprint density at radius 2 is 1.53 bits per heavy atom. The van der Waals surface area contributed by atoms with Gasteiger partial charge in [0.1, 0.15) is 5.75 Å². The molecule has 1 fully saturated rings. The van der Waals surface area contributed by atoms with Gasteiger partial charge in [-0.15, -0.1) is 0 Å². The highest BCUT2D eigenvalue weighted by Gasteiger charge is 2.25. The van der Waals surface area contributed by atoms with Crippen molar-refractivity contribution >= 4 is 28.3 Å². The molecule has 1 aliphatic rings. The molecule has 3 aromatic rings. The molecule has 2 amide bonds. The van der Waals surface area contributed by atoms with Gasteiger partial charge >= 0.3 is 0 Å². The third-order valence-electron chi connectivity index (χ3n) is 6.07. The highest BCUT2D eigenvalue weighted by molar-refractivity contribution is 6.01. The zero-order valence-corrected chi connectivity index (χ0v) is 18.9. The molecule has 0 aliphatic carbocycles. The highest BCUT2D eigenvalue weighted by atomic mass is 16.5. The van der Waals surface area contributed by atoms with E-state index in [1.807, 2.05) is 73.3 Å². The van der Waals surface area contributed by atoms with Gasteiger partial charge in [-0.3, -0.25) is 14.5 Å². The van der Waals surface area contributed by atoms with Crippen molar-refractivity contribution in [1.29, 1.82) is 0 Å². The quantitative estimate of drug-likeness (QED) is 0.666. The molecule has 6 heteroatoms. The third-order valence-corrected chi connectivity index (χ3v) is 6.07. The zero-order valence-electron chi connectivity index (χ0n) is 18.9. The number of benzene rings is 3. The number of piperazine rings is 1. The molecule has 0 spiro atoms. The van der Waals surface area contributed by atoms with E-state index in [1.54, 1.807) is 7.11 Å². The predicted octanol–water partition coefficient (Wildman–Crippen LogP) is 3.86. The summed E-state index contributed by atoms with van der Waals surface area (Å²) < 4.78 is 5.50. The number of aryl methyl sites for hydroxylation is 2. The van der Waals surface area contributed by atoms with E-state index in [9.17, 15) is 9.59 Å². The number of anilines is 1. The lowest BCUT2D eigenvalue weighted by molar-refractivity contribution is -0.117. The summed E-state index contributed by atoms with van der Waals surface area (Å²) >= 11 is 0. The summed E-state index contributed by atoms with van der Waals surface area (Å²) in [6, 6.07) is 17.7. The van der Waals surface area contributed by atoms with Crippen molar-refractivity contribution < 1.29 is 14.3 Å². The topological polar surface area (TPSA) is 61.9 Å². The number of para-hydroxylation sites is 1. The molecule has 32 heavy (non-hydrogen) atoms. The highest BCUT2D eigenvalue weighted by Crippen LogP contribution is 2.27. The first-order valence-electron chi connectivity index (χ1n) is 10.9. The molecule has 1 saturated heterocycles. The molecular weight excluding hydrogens is 402 g/mol. The monoisotopic (exact) mass is 431 g/mol. The van der Waals surface area contributed by atoms with Crippen LogP contribution in [-0.4, -0.2) is 61.4 Å². The Morgan fingerprint density at radius 1 is 0.906 bits per heavy atom. The van der Waals surface area contributed by atoms with Crippen LogP contribution in [0.5, 0.6) is 5.75 Å². The maximum absolute atomic E-state index is 13.2. The predicted molar refractivity (Wildman–Crippen MR) is 127 cm³/mol. The van der Waals surface area contributed by atoms with Crippen LogP contribution >= 0.6 is 0 Å². The number of hydrogen-bond acceptors (Lipinski definition) is 4. The lowest BCUT2D eigenvalue weighted by Gasteiger charge is -2.34. The molecule has 1 heterocycles. The van der Waals surface area contributed by atoms with Crippen molar-refractivity contribution in [3.8, 4) is 5.75 Å². The first-order valence-corrected chi connectivity index (χ1v) is 10.9. The molecule has 3 aromatic carbocycles. The molecule has 0 saturated carbocycles. The first-order chi connectivity index (χ1) is 15.5. The van der Waals surface area contributed by atoms with Gasteiger partial charge < -0.3 is 15.0 Å². The summed E-state index contributed by atoms with van der Waals surface area (Å²) in [6.45, 7) is 6.76. The minimum atomic E-state index is -0.0350. The van der Waals surface area contributed by atoms with Gasteiger partial charge in [0, 0.05) is 31.9 Å². The standard InChI is InChI=1S/C26H29N3O3/c1-18-7-6-8-19(2)25(18)27-24(30)17-28-11-13-29(14-12-28)26(31)22-15-20-9-4-5-10-21(20)16-23(22)32-3/h4-10,15-16H,11-14,17H2,1-3H3,(H,27,30). The fourth-order valence-corrected chi connectivity index (χ4v) is 4.23. The number of methoxy groups -OCH3 is 1. The minimum absolute atomic E-state index is 0.0293. The number of nitrogens with one attached hydrogen (secondary N) is 1. The van der Waals surface area contributed by atoms with Crippen LogP contribution in [-0.2, 0) is 4.79 Å². The fraction of sp³-hybridized carbons (Fsp3) is 0.308. The van der Waals surface area contributed by atoms with Crippen LogP contribution in [0.1, 0.15) is 21.5 Å². The number of amides is 2. The van der Waals surface area contributed by atoms with Crippen molar-refractivity contribution in [2.45, 2.75) is 13.8 Å². The van der Waals surface area contributed by atoms with Crippen LogP contribution in [0, 0.1) is 13.8 Å². The number of rotatable bonds is 5. The van der Waals surface area contributed by atoms with Crippen LogP contribution in [0.4, 0.5) is 5.69 Å². The van der Waals surface area contributed by atoms with E-state index in [1.165, 1.54) is 0 Å². The number of fused-ring (bicyclic) bond motifs is 1. The molecule has 0 aromatic heterocycles. The molecule has 0 unspecified atom stereocenters. The van der Waals surface area contributed by atoms with Gasteiger partial charge in [-0.05, 0) is 47.9 Å². The summed E-state index contributed by atoms with van der Waals surface area (Å²) in [5.74, 6) is 0.523. The van der Waals surface area contributed by atoms with Gasteiger partial charge in [0.15, 0.2) is 0 Å². The average Bonchev–Trinajstić information content (AvgIpc) is 2.80. The van der Waals surface area contributed by atoms with E-state index in [2.05, 4.69) is 10.2 Å². The molecule has 0 radical (unpaired) electrons. The van der Waals surface area contributed by atoms with Crippen molar-refractivity contribution in [3.05, 3.63) is 71.3 Å². The SMILES string of the molecule is COc1cc2ccccc2cc1C(=O)N1CCN(CC(=O)Nc2c(C)cccc2C)CC1. The molecule has 6 nitrogen and oxygen atoms in total. The third kappa shape index (κ3) is 4.60. The normalized spacial score (nSPS) is 14.4. The van der Waals surface area contributed by atoms with Crippen LogP contribution < -0.4 is 10.1 Å². The van der Waals surface area contributed by atoms with E-state index < -0.39 is 0 Å². The number of nitrogens with zero attached hydrogens (tertiary/aromatic N) is 2. The van der Waals surface area contributed by atoms with Gasteiger partial charge in [0.25, 0.3) is 5.91 Å². The molecule has 1 aliphatic heterocycles. The Kier molecular flexibility index (Phi) is 6.42. The number of hydrogen-bond donors (Lipinski definition) is 1. The van der Waals surface area contributed by atoms with Crippen LogP contribution in [0.15, 0.2) is 54.6 Å². The molecular formula is C26H29N3O3.